The van der Waals surface area contributed by atoms with E-state index in [0.29, 0.717) is 0 Å². The molecule has 1 atom stereocenters. The summed E-state index contributed by atoms with van der Waals surface area (Å²) < 4.78 is 7.18. The second-order valence-electron chi connectivity index (χ2n) is 4.03. The lowest BCUT2D eigenvalue weighted by Gasteiger charge is -2.07. The molecule has 0 saturated carbocycles. The third-order valence-corrected chi connectivity index (χ3v) is 5.22. The molecule has 1 aliphatic heterocycles. The number of hydrogen-bond donors (Lipinski definition) is 1. The smallest absolute Gasteiger partial charge is 0.107 e. The first kappa shape index (κ1) is 12.8. The molecule has 1 aromatic heterocycles. The Balaban J connectivity index is 1.64. The number of hydrogen-bond acceptors (Lipinski definition) is 3. The molecule has 1 aromatic rings. The van der Waals surface area contributed by atoms with Crippen molar-refractivity contribution in [3.8, 4) is 0 Å². The minimum Gasteiger partial charge on any atom is -0.381 e. The van der Waals surface area contributed by atoms with E-state index in [9.17, 15) is 0 Å². The first-order valence-electron chi connectivity index (χ1n) is 5.48. The molecule has 0 aromatic carbocycles. The van der Waals surface area contributed by atoms with E-state index in [1.807, 2.05) is 0 Å². The summed E-state index contributed by atoms with van der Waals surface area (Å²) >= 11 is 11.0. The van der Waals surface area contributed by atoms with Crippen LogP contribution in [0.2, 0.25) is 4.34 Å². The van der Waals surface area contributed by atoms with Crippen molar-refractivity contribution in [3.05, 3.63) is 19.8 Å². The van der Waals surface area contributed by atoms with E-state index >= 15 is 0 Å². The molecule has 90 valence electrons. The highest BCUT2D eigenvalue weighted by Crippen LogP contribution is 2.31. The van der Waals surface area contributed by atoms with Crippen molar-refractivity contribution in [1.29, 1.82) is 0 Å². The van der Waals surface area contributed by atoms with Gasteiger partial charge in [0.25, 0.3) is 0 Å². The van der Waals surface area contributed by atoms with Crippen LogP contribution in [0, 0.1) is 5.92 Å². The fraction of sp³-hybridized carbons (Fsp3) is 0.636. The molecule has 1 fully saturated rings. The standard InChI is InChI=1S/C11H15BrClNOS/c12-10-5-9(16-11(10)13)6-14-3-1-8-2-4-15-7-8/h5,8,14H,1-4,6-7H2. The molecule has 1 saturated heterocycles. The summed E-state index contributed by atoms with van der Waals surface area (Å²) in [4.78, 5) is 1.28. The SMILES string of the molecule is Clc1sc(CNCCC2CCOC2)cc1Br. The van der Waals surface area contributed by atoms with Crippen LogP contribution in [0.25, 0.3) is 0 Å². The van der Waals surface area contributed by atoms with Crippen molar-refractivity contribution < 1.29 is 4.74 Å². The molecule has 0 spiro atoms. The Hall–Kier alpha value is 0.390. The van der Waals surface area contributed by atoms with Crippen LogP contribution >= 0.6 is 38.9 Å². The van der Waals surface area contributed by atoms with Crippen LogP contribution in [0.3, 0.4) is 0 Å². The molecular formula is C11H15BrClNOS. The van der Waals surface area contributed by atoms with Crippen molar-refractivity contribution in [2.45, 2.75) is 19.4 Å². The van der Waals surface area contributed by atoms with Gasteiger partial charge in [-0.25, -0.2) is 0 Å². The topological polar surface area (TPSA) is 21.3 Å². The first-order valence-corrected chi connectivity index (χ1v) is 7.46. The van der Waals surface area contributed by atoms with Crippen molar-refractivity contribution >= 4 is 38.9 Å². The van der Waals surface area contributed by atoms with Gasteiger partial charge in [-0.1, -0.05) is 11.6 Å². The Morgan fingerprint density at radius 1 is 1.62 bits per heavy atom. The summed E-state index contributed by atoms with van der Waals surface area (Å²) in [5, 5.41) is 3.44. The van der Waals surface area contributed by atoms with E-state index in [0.717, 1.165) is 41.0 Å². The van der Waals surface area contributed by atoms with Gasteiger partial charge in [0.2, 0.25) is 0 Å². The van der Waals surface area contributed by atoms with Crippen LogP contribution in [-0.2, 0) is 11.3 Å². The molecule has 16 heavy (non-hydrogen) atoms. The molecule has 0 radical (unpaired) electrons. The maximum atomic E-state index is 5.97. The lowest BCUT2D eigenvalue weighted by molar-refractivity contribution is 0.184. The summed E-state index contributed by atoms with van der Waals surface area (Å²) in [5.74, 6) is 0.756. The van der Waals surface area contributed by atoms with Crippen molar-refractivity contribution in [3.63, 3.8) is 0 Å². The molecule has 1 unspecified atom stereocenters. The van der Waals surface area contributed by atoms with Gasteiger partial charge in [0.1, 0.15) is 4.34 Å². The number of ether oxygens (including phenoxy) is 1. The fourth-order valence-corrected chi connectivity index (χ4v) is 3.57. The summed E-state index contributed by atoms with van der Waals surface area (Å²) in [6.45, 7) is 3.85. The summed E-state index contributed by atoms with van der Waals surface area (Å²) in [6.07, 6.45) is 2.43. The molecule has 0 aliphatic carbocycles. The monoisotopic (exact) mass is 323 g/mol. The van der Waals surface area contributed by atoms with Gasteiger partial charge in [0.15, 0.2) is 0 Å². The van der Waals surface area contributed by atoms with Gasteiger partial charge >= 0.3 is 0 Å². The lowest BCUT2D eigenvalue weighted by atomic mass is 10.1. The molecule has 2 nitrogen and oxygen atoms in total. The van der Waals surface area contributed by atoms with E-state index < -0.39 is 0 Å². The van der Waals surface area contributed by atoms with Crippen LogP contribution in [0.4, 0.5) is 0 Å². The third kappa shape index (κ3) is 3.70. The molecule has 5 heteroatoms. The summed E-state index contributed by atoms with van der Waals surface area (Å²) in [6, 6.07) is 2.08. The second kappa shape index (κ2) is 6.36. The predicted molar refractivity (Wildman–Crippen MR) is 72.3 cm³/mol. The second-order valence-corrected chi connectivity index (χ2v) is 6.62. The maximum absolute atomic E-state index is 5.97. The van der Waals surface area contributed by atoms with Crippen LogP contribution in [0.15, 0.2) is 10.5 Å². The normalized spacial score (nSPS) is 20.5. The van der Waals surface area contributed by atoms with Gasteiger partial charge in [0, 0.05) is 29.1 Å². The van der Waals surface area contributed by atoms with Crippen LogP contribution < -0.4 is 5.32 Å². The van der Waals surface area contributed by atoms with Gasteiger partial charge in [-0.05, 0) is 47.3 Å². The Kier molecular flexibility index (Phi) is 5.10. The number of rotatable bonds is 5. The van der Waals surface area contributed by atoms with E-state index in [4.69, 9.17) is 16.3 Å². The minimum absolute atomic E-state index is 0.756. The average Bonchev–Trinajstić information content (AvgIpc) is 2.85. The van der Waals surface area contributed by atoms with Gasteiger partial charge in [-0.2, -0.15) is 0 Å². The highest BCUT2D eigenvalue weighted by molar-refractivity contribution is 9.10. The van der Waals surface area contributed by atoms with E-state index in [-0.39, 0.29) is 0 Å². The van der Waals surface area contributed by atoms with Crippen LogP contribution in [0.1, 0.15) is 17.7 Å². The van der Waals surface area contributed by atoms with Crippen molar-refractivity contribution in [2.75, 3.05) is 19.8 Å². The Morgan fingerprint density at radius 3 is 3.12 bits per heavy atom. The Morgan fingerprint density at radius 2 is 2.50 bits per heavy atom. The Bertz CT molecular complexity index is 319. The molecular weight excluding hydrogens is 310 g/mol. The molecule has 1 N–H and O–H groups in total. The lowest BCUT2D eigenvalue weighted by Crippen LogP contribution is -2.17. The quantitative estimate of drug-likeness (QED) is 0.834. The van der Waals surface area contributed by atoms with E-state index in [1.54, 1.807) is 11.3 Å². The largest absolute Gasteiger partial charge is 0.381 e. The number of halogens is 2. The molecule has 0 amide bonds. The summed E-state index contributed by atoms with van der Waals surface area (Å²) in [7, 11) is 0. The minimum atomic E-state index is 0.756. The molecule has 2 rings (SSSR count). The fourth-order valence-electron chi connectivity index (χ4n) is 1.81. The zero-order chi connectivity index (χ0) is 11.4. The van der Waals surface area contributed by atoms with Crippen LogP contribution in [-0.4, -0.2) is 19.8 Å². The zero-order valence-corrected chi connectivity index (χ0v) is 12.1. The molecule has 0 bridgehead atoms. The van der Waals surface area contributed by atoms with Gasteiger partial charge in [-0.3, -0.25) is 0 Å². The van der Waals surface area contributed by atoms with Crippen LogP contribution in [0.5, 0.6) is 0 Å². The first-order chi connectivity index (χ1) is 7.75. The summed E-state index contributed by atoms with van der Waals surface area (Å²) in [5.41, 5.74) is 0. The van der Waals surface area contributed by atoms with E-state index in [2.05, 4.69) is 27.3 Å². The maximum Gasteiger partial charge on any atom is 0.107 e. The predicted octanol–water partition coefficient (Wildman–Crippen LogP) is 3.68. The van der Waals surface area contributed by atoms with Crippen molar-refractivity contribution in [1.82, 2.24) is 5.32 Å². The Labute approximate surface area is 113 Å². The van der Waals surface area contributed by atoms with Gasteiger partial charge < -0.3 is 10.1 Å². The third-order valence-electron chi connectivity index (χ3n) is 2.75. The number of thiophene rings is 1. The molecule has 1 aliphatic rings. The van der Waals surface area contributed by atoms with Gasteiger partial charge in [0.05, 0.1) is 0 Å². The average molecular weight is 325 g/mol. The number of nitrogens with one attached hydrogen (secondary N) is 1. The van der Waals surface area contributed by atoms with Crippen molar-refractivity contribution in [2.24, 2.45) is 5.92 Å². The highest BCUT2D eigenvalue weighted by atomic mass is 79.9. The highest BCUT2D eigenvalue weighted by Gasteiger charge is 2.14. The molecule has 2 heterocycles. The van der Waals surface area contributed by atoms with E-state index in [1.165, 1.54) is 17.7 Å². The zero-order valence-electron chi connectivity index (χ0n) is 8.97. The van der Waals surface area contributed by atoms with Gasteiger partial charge in [-0.15, -0.1) is 11.3 Å².